The standard InChI is InChI=1S/C17H16N2OS/c1-2-13(10-14(3-1)19-5-7-20-8-6-19)16-11-18-12-17-15(16)4-9-21-17/h1-4,9-12H,5-8H2. The third-order valence-electron chi connectivity index (χ3n) is 3.91. The van der Waals surface area contributed by atoms with Crippen LogP contribution in [0.1, 0.15) is 0 Å². The molecule has 21 heavy (non-hydrogen) atoms. The Hall–Kier alpha value is -1.91. The number of rotatable bonds is 2. The number of hydrogen-bond donors (Lipinski definition) is 0. The zero-order chi connectivity index (χ0) is 14.1. The normalized spacial score (nSPS) is 15.5. The van der Waals surface area contributed by atoms with Gasteiger partial charge in [-0.05, 0) is 29.1 Å². The van der Waals surface area contributed by atoms with Crippen molar-refractivity contribution in [3.63, 3.8) is 0 Å². The lowest BCUT2D eigenvalue weighted by Crippen LogP contribution is -2.36. The quantitative estimate of drug-likeness (QED) is 0.719. The highest BCUT2D eigenvalue weighted by Crippen LogP contribution is 2.32. The van der Waals surface area contributed by atoms with Gasteiger partial charge in [0.25, 0.3) is 0 Å². The molecule has 0 bridgehead atoms. The minimum absolute atomic E-state index is 0.811. The van der Waals surface area contributed by atoms with Crippen LogP contribution < -0.4 is 4.90 Å². The number of ether oxygens (including phenoxy) is 1. The smallest absolute Gasteiger partial charge is 0.0642 e. The van der Waals surface area contributed by atoms with Crippen LogP contribution in [0.4, 0.5) is 5.69 Å². The van der Waals surface area contributed by atoms with Crippen molar-refractivity contribution in [1.82, 2.24) is 4.98 Å². The van der Waals surface area contributed by atoms with Gasteiger partial charge in [0.2, 0.25) is 0 Å². The van der Waals surface area contributed by atoms with Crippen LogP contribution in [0.25, 0.3) is 21.2 Å². The fourth-order valence-corrected chi connectivity index (χ4v) is 3.59. The van der Waals surface area contributed by atoms with E-state index in [-0.39, 0.29) is 0 Å². The third kappa shape index (κ3) is 2.41. The second kappa shape index (κ2) is 5.47. The summed E-state index contributed by atoms with van der Waals surface area (Å²) in [4.78, 5) is 6.76. The summed E-state index contributed by atoms with van der Waals surface area (Å²) < 4.78 is 6.67. The Morgan fingerprint density at radius 2 is 2.00 bits per heavy atom. The van der Waals surface area contributed by atoms with E-state index in [1.807, 2.05) is 12.4 Å². The van der Waals surface area contributed by atoms with E-state index >= 15 is 0 Å². The molecule has 0 N–H and O–H groups in total. The fraction of sp³-hybridized carbons (Fsp3) is 0.235. The second-order valence-electron chi connectivity index (χ2n) is 5.17. The molecule has 0 amide bonds. The molecular formula is C17H16N2OS. The van der Waals surface area contributed by atoms with Gasteiger partial charge in [-0.1, -0.05) is 12.1 Å². The Bertz CT molecular complexity index is 762. The Morgan fingerprint density at radius 3 is 2.90 bits per heavy atom. The zero-order valence-electron chi connectivity index (χ0n) is 11.7. The van der Waals surface area contributed by atoms with Crippen LogP contribution >= 0.6 is 11.3 Å². The lowest BCUT2D eigenvalue weighted by Gasteiger charge is -2.29. The molecule has 3 nitrogen and oxygen atoms in total. The summed E-state index contributed by atoms with van der Waals surface area (Å²) in [5.74, 6) is 0. The number of nitrogens with zero attached hydrogens (tertiary/aromatic N) is 2. The van der Waals surface area contributed by atoms with E-state index in [2.05, 4.69) is 45.6 Å². The molecule has 0 spiro atoms. The molecule has 0 unspecified atom stereocenters. The molecule has 0 saturated carbocycles. The van der Waals surface area contributed by atoms with E-state index < -0.39 is 0 Å². The van der Waals surface area contributed by atoms with Gasteiger partial charge in [-0.2, -0.15) is 0 Å². The van der Waals surface area contributed by atoms with Crippen molar-refractivity contribution < 1.29 is 4.74 Å². The van der Waals surface area contributed by atoms with Gasteiger partial charge in [0.1, 0.15) is 0 Å². The van der Waals surface area contributed by atoms with E-state index in [0.717, 1.165) is 26.3 Å². The van der Waals surface area contributed by atoms with E-state index in [4.69, 9.17) is 4.74 Å². The highest BCUT2D eigenvalue weighted by Gasteiger charge is 2.12. The minimum Gasteiger partial charge on any atom is -0.378 e. The molecule has 3 aromatic rings. The average molecular weight is 296 g/mol. The molecule has 4 rings (SSSR count). The molecule has 1 saturated heterocycles. The average Bonchev–Trinajstić information content (AvgIpc) is 3.04. The van der Waals surface area contributed by atoms with Crippen molar-refractivity contribution in [3.05, 3.63) is 48.1 Å². The van der Waals surface area contributed by atoms with Crippen LogP contribution in [0.3, 0.4) is 0 Å². The number of morpholine rings is 1. The number of fused-ring (bicyclic) bond motifs is 1. The Labute approximate surface area is 127 Å². The summed E-state index contributed by atoms with van der Waals surface area (Å²) in [5, 5.41) is 3.41. The van der Waals surface area contributed by atoms with Crippen molar-refractivity contribution in [2.45, 2.75) is 0 Å². The maximum absolute atomic E-state index is 5.43. The van der Waals surface area contributed by atoms with Crippen LogP contribution in [0.2, 0.25) is 0 Å². The molecule has 1 aromatic carbocycles. The zero-order valence-corrected chi connectivity index (χ0v) is 12.5. The van der Waals surface area contributed by atoms with Gasteiger partial charge in [0, 0.05) is 42.1 Å². The molecule has 2 aromatic heterocycles. The monoisotopic (exact) mass is 296 g/mol. The van der Waals surface area contributed by atoms with Crippen LogP contribution in [0, 0.1) is 0 Å². The van der Waals surface area contributed by atoms with E-state index in [1.165, 1.54) is 26.9 Å². The van der Waals surface area contributed by atoms with Crippen LogP contribution in [-0.2, 0) is 4.74 Å². The molecule has 4 heteroatoms. The number of hydrogen-bond acceptors (Lipinski definition) is 4. The molecule has 0 aliphatic carbocycles. The number of benzene rings is 1. The van der Waals surface area contributed by atoms with Gasteiger partial charge in [-0.3, -0.25) is 4.98 Å². The van der Waals surface area contributed by atoms with Gasteiger partial charge >= 0.3 is 0 Å². The summed E-state index contributed by atoms with van der Waals surface area (Å²) in [7, 11) is 0. The maximum Gasteiger partial charge on any atom is 0.0642 e. The molecule has 0 radical (unpaired) electrons. The summed E-state index contributed by atoms with van der Waals surface area (Å²) in [6, 6.07) is 10.9. The van der Waals surface area contributed by atoms with Crippen molar-refractivity contribution >= 4 is 27.1 Å². The van der Waals surface area contributed by atoms with Gasteiger partial charge in [0.05, 0.1) is 17.9 Å². The molecule has 0 atom stereocenters. The summed E-state index contributed by atoms with van der Waals surface area (Å²) in [6.07, 6.45) is 3.91. The molecule has 3 heterocycles. The van der Waals surface area contributed by atoms with Crippen molar-refractivity contribution in [1.29, 1.82) is 0 Å². The van der Waals surface area contributed by atoms with Gasteiger partial charge < -0.3 is 9.64 Å². The van der Waals surface area contributed by atoms with Gasteiger partial charge in [-0.25, -0.2) is 0 Å². The van der Waals surface area contributed by atoms with E-state index in [0.29, 0.717) is 0 Å². The number of aromatic nitrogens is 1. The highest BCUT2D eigenvalue weighted by molar-refractivity contribution is 7.17. The predicted molar refractivity (Wildman–Crippen MR) is 88.1 cm³/mol. The molecule has 1 aliphatic heterocycles. The molecule has 1 aliphatic rings. The van der Waals surface area contributed by atoms with Crippen molar-refractivity contribution in [2.75, 3.05) is 31.2 Å². The van der Waals surface area contributed by atoms with Crippen LogP contribution in [0.15, 0.2) is 48.1 Å². The summed E-state index contributed by atoms with van der Waals surface area (Å²) in [6.45, 7) is 3.55. The summed E-state index contributed by atoms with van der Waals surface area (Å²) >= 11 is 1.74. The molecular weight excluding hydrogens is 280 g/mol. The molecule has 1 fully saturated rings. The highest BCUT2D eigenvalue weighted by atomic mass is 32.1. The fourth-order valence-electron chi connectivity index (χ4n) is 2.81. The first kappa shape index (κ1) is 12.8. The maximum atomic E-state index is 5.43. The van der Waals surface area contributed by atoms with E-state index in [1.54, 1.807) is 11.3 Å². The van der Waals surface area contributed by atoms with Crippen LogP contribution in [0.5, 0.6) is 0 Å². The Morgan fingerprint density at radius 1 is 1.10 bits per heavy atom. The Balaban J connectivity index is 1.76. The largest absolute Gasteiger partial charge is 0.378 e. The van der Waals surface area contributed by atoms with Gasteiger partial charge in [0.15, 0.2) is 0 Å². The predicted octanol–water partition coefficient (Wildman–Crippen LogP) is 3.80. The second-order valence-corrected chi connectivity index (χ2v) is 6.12. The lowest BCUT2D eigenvalue weighted by molar-refractivity contribution is 0.122. The SMILES string of the molecule is c1cc(-c2cncc3sccc23)cc(N2CCOCC2)c1. The molecule has 106 valence electrons. The first-order chi connectivity index (χ1) is 10.4. The van der Waals surface area contributed by atoms with Crippen molar-refractivity contribution in [2.24, 2.45) is 0 Å². The number of anilines is 1. The Kier molecular flexibility index (Phi) is 3.33. The first-order valence-corrected chi connectivity index (χ1v) is 8.04. The van der Waals surface area contributed by atoms with Gasteiger partial charge in [-0.15, -0.1) is 11.3 Å². The topological polar surface area (TPSA) is 25.4 Å². The van der Waals surface area contributed by atoms with Crippen LogP contribution in [-0.4, -0.2) is 31.3 Å². The third-order valence-corrected chi connectivity index (χ3v) is 4.77. The lowest BCUT2D eigenvalue weighted by atomic mass is 10.0. The first-order valence-electron chi connectivity index (χ1n) is 7.16. The summed E-state index contributed by atoms with van der Waals surface area (Å²) in [5.41, 5.74) is 3.71. The number of pyridine rings is 1. The number of thiophene rings is 1. The minimum atomic E-state index is 0.811. The van der Waals surface area contributed by atoms with E-state index in [9.17, 15) is 0 Å². The van der Waals surface area contributed by atoms with Crippen molar-refractivity contribution in [3.8, 4) is 11.1 Å².